The quantitative estimate of drug-likeness (QED) is 0.362. The minimum atomic E-state index is -0.366. The first kappa shape index (κ1) is 16.2. The van der Waals surface area contributed by atoms with Gasteiger partial charge in [-0.05, 0) is 43.3 Å². The molecule has 7 nitrogen and oxygen atoms in total. The van der Waals surface area contributed by atoms with Crippen LogP contribution >= 0.6 is 11.8 Å². The van der Waals surface area contributed by atoms with Gasteiger partial charge < -0.3 is 16.3 Å². The van der Waals surface area contributed by atoms with Crippen LogP contribution in [0.15, 0.2) is 28.3 Å². The van der Waals surface area contributed by atoms with E-state index in [1.54, 1.807) is 25.1 Å². The second-order valence-corrected chi connectivity index (χ2v) is 5.75. The average Bonchev–Trinajstić information content (AvgIpc) is 2.81. The molecule has 0 saturated carbocycles. The van der Waals surface area contributed by atoms with Crippen molar-refractivity contribution < 1.29 is 9.53 Å². The van der Waals surface area contributed by atoms with Crippen LogP contribution in [0, 0.1) is 6.92 Å². The lowest BCUT2D eigenvalue weighted by atomic mass is 10.2. The van der Waals surface area contributed by atoms with E-state index < -0.39 is 0 Å². The standard InChI is InChI=1S/C14H19N5O2S/c1-3-4-7-21-13(20)10-5-6-12(11(15)8-10)22-14-18-17-9(2)19(14)16/h5-6,8H,3-4,7,15-16H2,1-2H3. The number of carbonyl (C=O) groups is 1. The van der Waals surface area contributed by atoms with Crippen molar-refractivity contribution in [2.45, 2.75) is 36.7 Å². The first-order valence-corrected chi connectivity index (χ1v) is 7.76. The van der Waals surface area contributed by atoms with Crippen molar-refractivity contribution in [2.75, 3.05) is 18.2 Å². The monoisotopic (exact) mass is 321 g/mol. The van der Waals surface area contributed by atoms with Gasteiger partial charge in [0, 0.05) is 10.6 Å². The normalized spacial score (nSPS) is 10.6. The lowest BCUT2D eigenvalue weighted by molar-refractivity contribution is 0.0499. The molecule has 1 heterocycles. The Morgan fingerprint density at radius 3 is 2.77 bits per heavy atom. The Kier molecular flexibility index (Phi) is 5.26. The first-order chi connectivity index (χ1) is 10.5. The van der Waals surface area contributed by atoms with Crippen LogP contribution in [0.5, 0.6) is 0 Å². The van der Waals surface area contributed by atoms with Gasteiger partial charge in [-0.25, -0.2) is 9.47 Å². The highest BCUT2D eigenvalue weighted by Gasteiger charge is 2.13. The van der Waals surface area contributed by atoms with Gasteiger partial charge in [0.05, 0.1) is 12.2 Å². The summed E-state index contributed by atoms with van der Waals surface area (Å²) in [7, 11) is 0. The zero-order chi connectivity index (χ0) is 16.1. The van der Waals surface area contributed by atoms with E-state index in [1.807, 2.05) is 6.92 Å². The minimum Gasteiger partial charge on any atom is -0.462 e. The molecule has 0 atom stereocenters. The molecule has 22 heavy (non-hydrogen) atoms. The topological polar surface area (TPSA) is 109 Å². The van der Waals surface area contributed by atoms with Crippen LogP contribution in [-0.2, 0) is 4.74 Å². The van der Waals surface area contributed by atoms with E-state index in [0.29, 0.717) is 28.8 Å². The second kappa shape index (κ2) is 7.17. The summed E-state index contributed by atoms with van der Waals surface area (Å²) < 4.78 is 6.54. The van der Waals surface area contributed by atoms with Crippen molar-refractivity contribution in [3.8, 4) is 0 Å². The highest BCUT2D eigenvalue weighted by Crippen LogP contribution is 2.31. The van der Waals surface area contributed by atoms with Gasteiger partial charge in [0.15, 0.2) is 0 Å². The summed E-state index contributed by atoms with van der Waals surface area (Å²) in [6.45, 7) is 4.22. The van der Waals surface area contributed by atoms with Crippen molar-refractivity contribution in [1.29, 1.82) is 0 Å². The van der Waals surface area contributed by atoms with Crippen molar-refractivity contribution >= 4 is 23.4 Å². The number of carbonyl (C=O) groups excluding carboxylic acids is 1. The van der Waals surface area contributed by atoms with Crippen LogP contribution < -0.4 is 11.6 Å². The van der Waals surface area contributed by atoms with E-state index in [4.69, 9.17) is 16.3 Å². The maximum Gasteiger partial charge on any atom is 0.338 e. The molecule has 0 radical (unpaired) electrons. The largest absolute Gasteiger partial charge is 0.462 e. The van der Waals surface area contributed by atoms with E-state index in [2.05, 4.69) is 10.2 Å². The van der Waals surface area contributed by atoms with Crippen LogP contribution in [0.1, 0.15) is 35.9 Å². The van der Waals surface area contributed by atoms with Gasteiger partial charge in [0.2, 0.25) is 5.16 Å². The number of esters is 1. The molecule has 0 spiro atoms. The molecule has 0 unspecified atom stereocenters. The number of ether oxygens (including phenoxy) is 1. The average molecular weight is 321 g/mol. The Morgan fingerprint density at radius 1 is 1.41 bits per heavy atom. The smallest absolute Gasteiger partial charge is 0.338 e. The van der Waals surface area contributed by atoms with Crippen molar-refractivity contribution in [2.24, 2.45) is 0 Å². The van der Waals surface area contributed by atoms with E-state index in [-0.39, 0.29) is 5.97 Å². The lowest BCUT2D eigenvalue weighted by Gasteiger charge is -2.08. The molecule has 0 saturated heterocycles. The molecular formula is C14H19N5O2S. The predicted octanol–water partition coefficient (Wildman–Crippen LogP) is 1.99. The molecule has 4 N–H and O–H groups in total. The minimum absolute atomic E-state index is 0.366. The lowest BCUT2D eigenvalue weighted by Crippen LogP contribution is -2.11. The molecule has 0 fully saturated rings. The zero-order valence-corrected chi connectivity index (χ0v) is 13.4. The van der Waals surface area contributed by atoms with E-state index in [0.717, 1.165) is 17.7 Å². The summed E-state index contributed by atoms with van der Waals surface area (Å²) >= 11 is 1.29. The van der Waals surface area contributed by atoms with Gasteiger partial charge >= 0.3 is 5.97 Å². The van der Waals surface area contributed by atoms with Gasteiger partial charge in [0.25, 0.3) is 0 Å². The van der Waals surface area contributed by atoms with E-state index in [9.17, 15) is 4.79 Å². The molecule has 2 aromatic rings. The SMILES string of the molecule is CCCCOC(=O)c1ccc(Sc2nnc(C)n2N)c(N)c1. The van der Waals surface area contributed by atoms with Gasteiger partial charge in [-0.1, -0.05) is 13.3 Å². The first-order valence-electron chi connectivity index (χ1n) is 6.94. The summed E-state index contributed by atoms with van der Waals surface area (Å²) in [4.78, 5) is 12.6. The fourth-order valence-electron chi connectivity index (χ4n) is 1.68. The van der Waals surface area contributed by atoms with Crippen LogP contribution in [0.4, 0.5) is 5.69 Å². The fourth-order valence-corrected chi connectivity index (χ4v) is 2.50. The fraction of sp³-hybridized carbons (Fsp3) is 0.357. The number of benzene rings is 1. The van der Waals surface area contributed by atoms with Crippen molar-refractivity contribution in [3.63, 3.8) is 0 Å². The molecule has 0 aliphatic rings. The molecule has 0 amide bonds. The number of hydrogen-bond acceptors (Lipinski definition) is 7. The van der Waals surface area contributed by atoms with Crippen molar-refractivity contribution in [3.05, 3.63) is 29.6 Å². The van der Waals surface area contributed by atoms with Gasteiger partial charge in [-0.15, -0.1) is 10.2 Å². The number of hydrogen-bond donors (Lipinski definition) is 2. The Bertz CT molecular complexity index is 671. The summed E-state index contributed by atoms with van der Waals surface area (Å²) in [5.74, 6) is 6.04. The molecular weight excluding hydrogens is 302 g/mol. The van der Waals surface area contributed by atoms with Crippen LogP contribution in [0.3, 0.4) is 0 Å². The summed E-state index contributed by atoms with van der Waals surface area (Å²) in [6, 6.07) is 5.03. The molecule has 1 aromatic carbocycles. The van der Waals surface area contributed by atoms with E-state index >= 15 is 0 Å². The maximum absolute atomic E-state index is 11.9. The number of nitrogens with zero attached hydrogens (tertiary/aromatic N) is 3. The number of anilines is 1. The highest BCUT2D eigenvalue weighted by molar-refractivity contribution is 7.99. The van der Waals surface area contributed by atoms with Gasteiger partial charge in [0.1, 0.15) is 5.82 Å². The molecule has 0 aliphatic carbocycles. The molecule has 0 bridgehead atoms. The third kappa shape index (κ3) is 3.70. The molecule has 8 heteroatoms. The predicted molar refractivity (Wildman–Crippen MR) is 85.1 cm³/mol. The highest BCUT2D eigenvalue weighted by atomic mass is 32.2. The Morgan fingerprint density at radius 2 is 2.18 bits per heavy atom. The Hall–Kier alpha value is -2.22. The molecule has 0 aliphatic heterocycles. The Balaban J connectivity index is 2.09. The van der Waals surface area contributed by atoms with Crippen LogP contribution in [-0.4, -0.2) is 27.4 Å². The Labute approximate surface area is 133 Å². The van der Waals surface area contributed by atoms with Gasteiger partial charge in [-0.2, -0.15) is 0 Å². The number of aromatic nitrogens is 3. The van der Waals surface area contributed by atoms with Gasteiger partial charge in [-0.3, -0.25) is 0 Å². The molecule has 1 aromatic heterocycles. The summed E-state index contributed by atoms with van der Waals surface area (Å²) in [5, 5.41) is 8.37. The third-order valence-electron chi connectivity index (χ3n) is 3.01. The second-order valence-electron chi connectivity index (χ2n) is 4.74. The number of aryl methyl sites for hydroxylation is 1. The number of unbranched alkanes of at least 4 members (excludes halogenated alkanes) is 1. The molecule has 2 rings (SSSR count). The summed E-state index contributed by atoms with van der Waals surface area (Å²) in [5.41, 5.74) is 6.89. The summed E-state index contributed by atoms with van der Waals surface area (Å²) in [6.07, 6.45) is 1.82. The number of nitrogens with two attached hydrogens (primary N) is 2. The van der Waals surface area contributed by atoms with Crippen molar-refractivity contribution in [1.82, 2.24) is 14.9 Å². The molecule has 118 valence electrons. The zero-order valence-electron chi connectivity index (χ0n) is 12.6. The third-order valence-corrected chi connectivity index (χ3v) is 4.07. The van der Waals surface area contributed by atoms with E-state index in [1.165, 1.54) is 16.4 Å². The van der Waals surface area contributed by atoms with Crippen LogP contribution in [0.25, 0.3) is 0 Å². The number of nitrogen functional groups attached to an aromatic ring is 2. The van der Waals surface area contributed by atoms with Crippen LogP contribution in [0.2, 0.25) is 0 Å². The maximum atomic E-state index is 11.9. The number of rotatable bonds is 6.